The van der Waals surface area contributed by atoms with Gasteiger partial charge in [0.05, 0.1) is 6.04 Å². The van der Waals surface area contributed by atoms with Crippen molar-refractivity contribution in [2.24, 2.45) is 5.73 Å². The molecule has 0 aliphatic rings. The fourth-order valence-corrected chi connectivity index (χ4v) is 2.81. The minimum absolute atomic E-state index is 0.215. The Labute approximate surface area is 136 Å². The second-order valence-electron chi connectivity index (χ2n) is 5.19. The van der Waals surface area contributed by atoms with Gasteiger partial charge in [0.15, 0.2) is 0 Å². The number of para-hydroxylation sites is 1. The monoisotopic (exact) mass is 346 g/mol. The molecule has 0 aliphatic carbocycles. The van der Waals surface area contributed by atoms with Crippen LogP contribution in [0.25, 0.3) is 0 Å². The first-order valence-electron chi connectivity index (χ1n) is 7.53. The van der Waals surface area contributed by atoms with Gasteiger partial charge in [0, 0.05) is 23.2 Å². The molecule has 1 atom stereocenters. The molecule has 0 amide bonds. The van der Waals surface area contributed by atoms with Gasteiger partial charge in [-0.15, -0.1) is 0 Å². The van der Waals surface area contributed by atoms with Crippen molar-refractivity contribution in [2.75, 3.05) is 18.0 Å². The smallest absolute Gasteiger partial charge is 0.0664 e. The minimum atomic E-state index is 0.215. The topological polar surface area (TPSA) is 29.3 Å². The molecule has 0 aliphatic heterocycles. The number of anilines is 1. The third-order valence-electron chi connectivity index (χ3n) is 3.69. The van der Waals surface area contributed by atoms with Crippen LogP contribution in [0.15, 0.2) is 59.1 Å². The molecule has 2 aromatic carbocycles. The van der Waals surface area contributed by atoms with Crippen molar-refractivity contribution in [3.63, 3.8) is 0 Å². The molecule has 0 saturated heterocycles. The lowest BCUT2D eigenvalue weighted by molar-refractivity contribution is 0.605. The molecule has 0 fully saturated rings. The second kappa shape index (κ2) is 8.20. The van der Waals surface area contributed by atoms with Gasteiger partial charge in [-0.2, -0.15) is 0 Å². The van der Waals surface area contributed by atoms with Crippen LogP contribution in [-0.4, -0.2) is 13.1 Å². The van der Waals surface area contributed by atoms with E-state index in [0.29, 0.717) is 6.54 Å². The zero-order chi connectivity index (χ0) is 15.1. The Morgan fingerprint density at radius 2 is 1.71 bits per heavy atom. The standard InChI is InChI=1S/C18H23BrN2/c1-2-3-13-21(17-7-5-4-6-8-17)18(14-20)15-9-11-16(19)12-10-15/h4-12,18H,2-3,13-14,20H2,1H3. The third-order valence-corrected chi connectivity index (χ3v) is 4.22. The number of nitrogens with two attached hydrogens (primary N) is 1. The lowest BCUT2D eigenvalue weighted by Gasteiger charge is -2.33. The van der Waals surface area contributed by atoms with Crippen LogP contribution < -0.4 is 10.6 Å². The van der Waals surface area contributed by atoms with E-state index in [2.05, 4.69) is 82.4 Å². The van der Waals surface area contributed by atoms with Crippen LogP contribution in [-0.2, 0) is 0 Å². The van der Waals surface area contributed by atoms with Crippen molar-refractivity contribution in [1.29, 1.82) is 0 Å². The van der Waals surface area contributed by atoms with Crippen LogP contribution in [0.1, 0.15) is 31.4 Å². The van der Waals surface area contributed by atoms with Crippen molar-refractivity contribution >= 4 is 21.6 Å². The Morgan fingerprint density at radius 3 is 2.29 bits per heavy atom. The zero-order valence-electron chi connectivity index (χ0n) is 12.5. The normalized spacial score (nSPS) is 12.1. The summed E-state index contributed by atoms with van der Waals surface area (Å²) in [7, 11) is 0. The molecule has 3 heteroatoms. The largest absolute Gasteiger partial charge is 0.363 e. The molecule has 0 aromatic heterocycles. The number of halogens is 1. The van der Waals surface area contributed by atoms with Gasteiger partial charge >= 0.3 is 0 Å². The van der Waals surface area contributed by atoms with E-state index >= 15 is 0 Å². The SMILES string of the molecule is CCCCN(c1ccccc1)C(CN)c1ccc(Br)cc1. The highest BCUT2D eigenvalue weighted by molar-refractivity contribution is 9.10. The van der Waals surface area contributed by atoms with Crippen LogP contribution in [0, 0.1) is 0 Å². The van der Waals surface area contributed by atoms with E-state index in [1.54, 1.807) is 0 Å². The summed E-state index contributed by atoms with van der Waals surface area (Å²) in [5, 5.41) is 0. The van der Waals surface area contributed by atoms with Gasteiger partial charge in [-0.3, -0.25) is 0 Å². The Balaban J connectivity index is 2.30. The first-order valence-corrected chi connectivity index (χ1v) is 8.32. The number of hydrogen-bond donors (Lipinski definition) is 1. The predicted octanol–water partition coefficient (Wildman–Crippen LogP) is 4.76. The summed E-state index contributed by atoms with van der Waals surface area (Å²) < 4.78 is 1.10. The average Bonchev–Trinajstić information content (AvgIpc) is 2.53. The lowest BCUT2D eigenvalue weighted by Crippen LogP contribution is -2.34. The lowest BCUT2D eigenvalue weighted by atomic mass is 10.0. The summed E-state index contributed by atoms with van der Waals surface area (Å²) >= 11 is 3.50. The molecule has 112 valence electrons. The van der Waals surface area contributed by atoms with E-state index in [9.17, 15) is 0 Å². The number of rotatable bonds is 7. The predicted molar refractivity (Wildman–Crippen MR) is 94.6 cm³/mol. The van der Waals surface area contributed by atoms with Crippen LogP contribution in [0.5, 0.6) is 0 Å². The molecule has 2 nitrogen and oxygen atoms in total. The summed E-state index contributed by atoms with van der Waals surface area (Å²) in [6.07, 6.45) is 2.35. The van der Waals surface area contributed by atoms with Gasteiger partial charge in [0.1, 0.15) is 0 Å². The van der Waals surface area contributed by atoms with E-state index in [4.69, 9.17) is 5.73 Å². The molecule has 0 saturated carbocycles. The van der Waals surface area contributed by atoms with Crippen molar-refractivity contribution < 1.29 is 0 Å². The molecule has 0 spiro atoms. The van der Waals surface area contributed by atoms with E-state index < -0.39 is 0 Å². The fraction of sp³-hybridized carbons (Fsp3) is 0.333. The van der Waals surface area contributed by atoms with Gasteiger partial charge in [-0.25, -0.2) is 0 Å². The van der Waals surface area contributed by atoms with E-state index in [1.165, 1.54) is 24.1 Å². The molecular weight excluding hydrogens is 324 g/mol. The van der Waals surface area contributed by atoms with E-state index in [1.807, 2.05) is 0 Å². The van der Waals surface area contributed by atoms with Crippen LogP contribution >= 0.6 is 15.9 Å². The summed E-state index contributed by atoms with van der Waals surface area (Å²) in [5.74, 6) is 0. The maximum Gasteiger partial charge on any atom is 0.0664 e. The molecule has 0 heterocycles. The molecular formula is C18H23BrN2. The minimum Gasteiger partial charge on any atom is -0.363 e. The maximum atomic E-state index is 6.10. The highest BCUT2D eigenvalue weighted by Gasteiger charge is 2.19. The summed E-state index contributed by atoms with van der Waals surface area (Å²) in [4.78, 5) is 2.42. The molecule has 21 heavy (non-hydrogen) atoms. The summed E-state index contributed by atoms with van der Waals surface area (Å²) in [6, 6.07) is 19.3. The highest BCUT2D eigenvalue weighted by Crippen LogP contribution is 2.27. The summed E-state index contributed by atoms with van der Waals surface area (Å²) in [6.45, 7) is 3.86. The molecule has 2 aromatic rings. The van der Waals surface area contributed by atoms with Crippen molar-refractivity contribution in [3.05, 3.63) is 64.6 Å². The first-order chi connectivity index (χ1) is 10.3. The van der Waals surface area contributed by atoms with Gasteiger partial charge in [-0.1, -0.05) is 59.6 Å². The fourth-order valence-electron chi connectivity index (χ4n) is 2.54. The Morgan fingerprint density at radius 1 is 1.05 bits per heavy atom. The molecule has 1 unspecified atom stereocenters. The van der Waals surface area contributed by atoms with Crippen LogP contribution in [0.4, 0.5) is 5.69 Å². The van der Waals surface area contributed by atoms with Crippen LogP contribution in [0.2, 0.25) is 0 Å². The molecule has 0 radical (unpaired) electrons. The van der Waals surface area contributed by atoms with Gasteiger partial charge in [-0.05, 0) is 36.2 Å². The quantitative estimate of drug-likeness (QED) is 0.783. The third kappa shape index (κ3) is 4.32. The number of unbranched alkanes of at least 4 members (excludes halogenated alkanes) is 1. The highest BCUT2D eigenvalue weighted by atomic mass is 79.9. The van der Waals surface area contributed by atoms with Gasteiger partial charge in [0.2, 0.25) is 0 Å². The van der Waals surface area contributed by atoms with Crippen LogP contribution in [0.3, 0.4) is 0 Å². The van der Waals surface area contributed by atoms with E-state index in [-0.39, 0.29) is 6.04 Å². The first kappa shape index (κ1) is 16.1. The van der Waals surface area contributed by atoms with Gasteiger partial charge < -0.3 is 10.6 Å². The molecule has 2 N–H and O–H groups in total. The Kier molecular flexibility index (Phi) is 6.27. The Hall–Kier alpha value is -1.32. The van der Waals surface area contributed by atoms with Crippen molar-refractivity contribution in [2.45, 2.75) is 25.8 Å². The maximum absolute atomic E-state index is 6.10. The average molecular weight is 347 g/mol. The number of benzene rings is 2. The zero-order valence-corrected chi connectivity index (χ0v) is 14.1. The molecule has 2 rings (SSSR count). The van der Waals surface area contributed by atoms with Crippen molar-refractivity contribution in [3.8, 4) is 0 Å². The number of hydrogen-bond acceptors (Lipinski definition) is 2. The number of nitrogens with zero attached hydrogens (tertiary/aromatic N) is 1. The van der Waals surface area contributed by atoms with Gasteiger partial charge in [0.25, 0.3) is 0 Å². The second-order valence-corrected chi connectivity index (χ2v) is 6.10. The summed E-state index contributed by atoms with van der Waals surface area (Å²) in [5.41, 5.74) is 8.60. The van der Waals surface area contributed by atoms with Crippen molar-refractivity contribution in [1.82, 2.24) is 0 Å². The molecule has 0 bridgehead atoms. The van der Waals surface area contributed by atoms with E-state index in [0.717, 1.165) is 11.0 Å². The Bertz CT molecular complexity index is 525.